The Labute approximate surface area is 195 Å². The van der Waals surface area contributed by atoms with Gasteiger partial charge >= 0.3 is 0 Å². The molecule has 2 aromatic rings. The van der Waals surface area contributed by atoms with Crippen molar-refractivity contribution in [2.45, 2.75) is 44.2 Å². The second-order valence-corrected chi connectivity index (χ2v) is 12.6. The minimum atomic E-state index is -3.86. The third kappa shape index (κ3) is 6.92. The van der Waals surface area contributed by atoms with Crippen molar-refractivity contribution >= 4 is 26.0 Å². The highest BCUT2D eigenvalue weighted by Crippen LogP contribution is 2.21. The van der Waals surface area contributed by atoms with E-state index in [0.29, 0.717) is 44.0 Å². The van der Waals surface area contributed by atoms with Gasteiger partial charge in [0.05, 0.1) is 18.6 Å². The summed E-state index contributed by atoms with van der Waals surface area (Å²) in [5.74, 6) is -0.00363. The Morgan fingerprint density at radius 3 is 2.18 bits per heavy atom. The Morgan fingerprint density at radius 1 is 1.09 bits per heavy atom. The number of nitrogens with zero attached hydrogens (tertiary/aromatic N) is 4. The van der Waals surface area contributed by atoms with E-state index in [-0.39, 0.29) is 29.2 Å². The summed E-state index contributed by atoms with van der Waals surface area (Å²) in [6, 6.07) is 5.74. The zero-order chi connectivity index (χ0) is 24.2. The number of anilines is 1. The lowest BCUT2D eigenvalue weighted by Crippen LogP contribution is -2.42. The number of hydrogen-bond donors (Lipinski definition) is 1. The summed E-state index contributed by atoms with van der Waals surface area (Å²) < 4.78 is 65.8. The molecule has 0 unspecified atom stereocenters. The Morgan fingerprint density at radius 2 is 1.67 bits per heavy atom. The van der Waals surface area contributed by atoms with Crippen molar-refractivity contribution < 1.29 is 21.2 Å². The van der Waals surface area contributed by atoms with Crippen molar-refractivity contribution in [3.63, 3.8) is 0 Å². The lowest BCUT2D eigenvalue weighted by Gasteiger charge is -2.30. The van der Waals surface area contributed by atoms with Gasteiger partial charge in [-0.2, -0.15) is 4.31 Å². The van der Waals surface area contributed by atoms with Gasteiger partial charge in [-0.15, -0.1) is 0 Å². The lowest BCUT2D eigenvalue weighted by molar-refractivity contribution is 0.331. The molecule has 1 aromatic heterocycles. The first-order valence-electron chi connectivity index (χ1n) is 10.7. The van der Waals surface area contributed by atoms with Crippen LogP contribution in [-0.2, 0) is 26.6 Å². The van der Waals surface area contributed by atoms with Crippen LogP contribution >= 0.6 is 0 Å². The predicted octanol–water partition coefficient (Wildman–Crippen LogP) is 2.30. The fourth-order valence-corrected chi connectivity index (χ4v) is 5.99. The van der Waals surface area contributed by atoms with Gasteiger partial charge in [-0.05, 0) is 36.5 Å². The molecule has 0 saturated carbocycles. The van der Waals surface area contributed by atoms with Gasteiger partial charge in [-0.3, -0.25) is 0 Å². The zero-order valence-corrected chi connectivity index (χ0v) is 20.6. The molecule has 0 spiro atoms. The van der Waals surface area contributed by atoms with Crippen molar-refractivity contribution in [3.8, 4) is 0 Å². The van der Waals surface area contributed by atoms with Gasteiger partial charge in [-0.25, -0.2) is 35.5 Å². The van der Waals surface area contributed by atoms with Gasteiger partial charge in [0.15, 0.2) is 0 Å². The summed E-state index contributed by atoms with van der Waals surface area (Å²) in [5.41, 5.74) is 0.681. The van der Waals surface area contributed by atoms with Crippen LogP contribution in [-0.4, -0.2) is 67.3 Å². The molecule has 1 aliphatic rings. The second-order valence-electron chi connectivity index (χ2n) is 8.64. The standard InChI is InChI=1S/C21H30FN5O4S2/c1-16(2)14-27(15-17-4-6-18(22)7-5-17)33(30,31)20-12-23-21(24-13-20)25-19-8-10-26(11-9-19)32(3,28)29/h4-7,12-13,16,19H,8-11,14-15H2,1-3H3,(H,23,24,25). The number of piperidine rings is 1. The summed E-state index contributed by atoms with van der Waals surface area (Å²) in [6.07, 6.45) is 4.96. The maximum absolute atomic E-state index is 13.3. The highest BCUT2D eigenvalue weighted by molar-refractivity contribution is 7.89. The molecule has 0 amide bonds. The van der Waals surface area contributed by atoms with Gasteiger partial charge in [0.25, 0.3) is 0 Å². The molecule has 0 radical (unpaired) electrons. The van der Waals surface area contributed by atoms with Gasteiger partial charge < -0.3 is 5.32 Å². The quantitative estimate of drug-likeness (QED) is 0.563. The molecule has 0 atom stereocenters. The largest absolute Gasteiger partial charge is 0.351 e. The third-order valence-electron chi connectivity index (χ3n) is 5.36. The molecule has 3 rings (SSSR count). The Balaban J connectivity index is 1.69. The summed E-state index contributed by atoms with van der Waals surface area (Å²) in [7, 11) is -7.07. The topological polar surface area (TPSA) is 113 Å². The smallest absolute Gasteiger partial charge is 0.246 e. The number of sulfonamides is 2. The van der Waals surface area contributed by atoms with E-state index in [1.54, 1.807) is 12.1 Å². The van der Waals surface area contributed by atoms with Crippen LogP contribution in [0.5, 0.6) is 0 Å². The van der Waals surface area contributed by atoms with E-state index in [1.807, 2.05) is 13.8 Å². The number of nitrogens with one attached hydrogen (secondary N) is 1. The lowest BCUT2D eigenvalue weighted by atomic mass is 10.1. The average molecular weight is 500 g/mol. The van der Waals surface area contributed by atoms with Crippen LogP contribution in [0, 0.1) is 11.7 Å². The molecular formula is C21H30FN5O4S2. The van der Waals surface area contributed by atoms with Crippen molar-refractivity contribution in [2.24, 2.45) is 5.92 Å². The summed E-state index contributed by atoms with van der Waals surface area (Å²) in [4.78, 5) is 8.33. The average Bonchev–Trinajstić information content (AvgIpc) is 2.74. The number of rotatable bonds is 9. The highest BCUT2D eigenvalue weighted by Gasteiger charge is 2.28. The number of hydrogen-bond acceptors (Lipinski definition) is 7. The number of halogens is 1. The molecule has 1 N–H and O–H groups in total. The molecule has 1 fully saturated rings. The molecule has 0 bridgehead atoms. The number of aromatic nitrogens is 2. The highest BCUT2D eigenvalue weighted by atomic mass is 32.2. The Bertz CT molecular complexity index is 1130. The van der Waals surface area contributed by atoms with E-state index < -0.39 is 20.0 Å². The van der Waals surface area contributed by atoms with Crippen molar-refractivity contribution in [2.75, 3.05) is 31.2 Å². The van der Waals surface area contributed by atoms with E-state index in [2.05, 4.69) is 15.3 Å². The molecule has 2 heterocycles. The monoisotopic (exact) mass is 499 g/mol. The molecule has 33 heavy (non-hydrogen) atoms. The van der Waals surface area contributed by atoms with E-state index in [4.69, 9.17) is 0 Å². The van der Waals surface area contributed by atoms with Gasteiger partial charge in [0, 0.05) is 32.2 Å². The maximum Gasteiger partial charge on any atom is 0.246 e. The van der Waals surface area contributed by atoms with Crippen LogP contribution in [0.25, 0.3) is 0 Å². The number of benzene rings is 1. The van der Waals surface area contributed by atoms with E-state index in [1.165, 1.54) is 39.4 Å². The maximum atomic E-state index is 13.3. The first kappa shape index (κ1) is 25.5. The normalized spacial score (nSPS) is 16.4. The van der Waals surface area contributed by atoms with Crippen LogP contribution in [0.15, 0.2) is 41.6 Å². The third-order valence-corrected chi connectivity index (χ3v) is 8.43. The van der Waals surface area contributed by atoms with Crippen molar-refractivity contribution in [1.82, 2.24) is 18.6 Å². The fraction of sp³-hybridized carbons (Fsp3) is 0.524. The van der Waals surface area contributed by atoms with Crippen LogP contribution in [0.2, 0.25) is 0 Å². The van der Waals surface area contributed by atoms with E-state index in [0.717, 1.165) is 0 Å². The molecule has 182 valence electrons. The fourth-order valence-electron chi connectivity index (χ4n) is 3.64. The van der Waals surface area contributed by atoms with Gasteiger partial charge in [0.1, 0.15) is 10.7 Å². The van der Waals surface area contributed by atoms with Gasteiger partial charge in [-0.1, -0.05) is 26.0 Å². The Hall–Kier alpha value is -2.15. The van der Waals surface area contributed by atoms with E-state index in [9.17, 15) is 21.2 Å². The molecule has 0 aliphatic carbocycles. The van der Waals surface area contributed by atoms with Crippen LogP contribution < -0.4 is 5.32 Å². The molecule has 1 saturated heterocycles. The van der Waals surface area contributed by atoms with Crippen LogP contribution in [0.1, 0.15) is 32.3 Å². The Kier molecular flexibility index (Phi) is 8.04. The molecule has 9 nitrogen and oxygen atoms in total. The first-order chi connectivity index (χ1) is 15.4. The van der Waals surface area contributed by atoms with E-state index >= 15 is 0 Å². The minimum absolute atomic E-state index is 0.00127. The predicted molar refractivity (Wildman–Crippen MR) is 124 cm³/mol. The zero-order valence-electron chi connectivity index (χ0n) is 19.0. The second kappa shape index (κ2) is 10.4. The molecule has 1 aliphatic heterocycles. The summed E-state index contributed by atoms with van der Waals surface area (Å²) >= 11 is 0. The van der Waals surface area contributed by atoms with Crippen molar-refractivity contribution in [3.05, 3.63) is 48.0 Å². The first-order valence-corrected chi connectivity index (χ1v) is 14.0. The van der Waals surface area contributed by atoms with Crippen LogP contribution in [0.3, 0.4) is 0 Å². The molecular weight excluding hydrogens is 469 g/mol. The molecule has 1 aromatic carbocycles. The SMILES string of the molecule is CC(C)CN(Cc1ccc(F)cc1)S(=O)(=O)c1cnc(NC2CCN(S(C)(=O)=O)CC2)nc1. The van der Waals surface area contributed by atoms with Crippen molar-refractivity contribution in [1.29, 1.82) is 0 Å². The molecule has 12 heteroatoms. The summed E-state index contributed by atoms with van der Waals surface area (Å²) in [5, 5.41) is 3.15. The minimum Gasteiger partial charge on any atom is -0.351 e. The van der Waals surface area contributed by atoms with Crippen LogP contribution in [0.4, 0.5) is 10.3 Å². The summed E-state index contributed by atoms with van der Waals surface area (Å²) in [6.45, 7) is 5.07. The van der Waals surface area contributed by atoms with Gasteiger partial charge in [0.2, 0.25) is 26.0 Å².